The highest BCUT2D eigenvalue weighted by atomic mass is 35.5. The minimum absolute atomic E-state index is 0.0434. The number of aromatic nitrogens is 3. The molecule has 3 N–H and O–H groups in total. The molecular formula is C31H43ClF2N4O6. The first-order valence-electron chi connectivity index (χ1n) is 15.4. The largest absolute Gasteiger partial charge is 0.471 e. The summed E-state index contributed by atoms with van der Waals surface area (Å²) < 4.78 is 46.4. The molecule has 0 spiro atoms. The van der Waals surface area contributed by atoms with Crippen LogP contribution in [0.15, 0.2) is 18.2 Å². The van der Waals surface area contributed by atoms with Gasteiger partial charge in [-0.05, 0) is 49.8 Å². The third kappa shape index (κ3) is 8.56. The summed E-state index contributed by atoms with van der Waals surface area (Å²) in [6.45, 7) is 12.1. The molecule has 4 atom stereocenters. The van der Waals surface area contributed by atoms with Crippen LogP contribution in [-0.4, -0.2) is 57.5 Å². The van der Waals surface area contributed by atoms with Gasteiger partial charge >= 0.3 is 0 Å². The molecule has 3 heterocycles. The van der Waals surface area contributed by atoms with Gasteiger partial charge in [-0.3, -0.25) is 9.63 Å². The lowest BCUT2D eigenvalue weighted by atomic mass is 10.0. The molecule has 6 rings (SSSR count). The minimum Gasteiger partial charge on any atom is -0.471 e. The van der Waals surface area contributed by atoms with E-state index in [1.807, 2.05) is 41.5 Å². The zero-order chi connectivity index (χ0) is 32.4. The highest BCUT2D eigenvalue weighted by molar-refractivity contribution is 6.32. The minimum atomic E-state index is -0.959. The number of benzene rings is 1. The monoisotopic (exact) mass is 640 g/mol. The molecule has 1 aliphatic heterocycles. The Labute approximate surface area is 261 Å². The molecule has 1 saturated heterocycles. The molecule has 1 unspecified atom stereocenters. The number of fused-ring (bicyclic) bond motifs is 2. The van der Waals surface area contributed by atoms with Gasteiger partial charge in [0.2, 0.25) is 5.88 Å². The third-order valence-electron chi connectivity index (χ3n) is 7.10. The molecule has 3 aliphatic rings. The van der Waals surface area contributed by atoms with Crippen molar-refractivity contribution in [1.82, 2.24) is 20.4 Å². The zero-order valence-electron chi connectivity index (χ0n) is 26.1. The Kier molecular flexibility index (Phi) is 13.6. The molecule has 13 heteroatoms. The van der Waals surface area contributed by atoms with Crippen molar-refractivity contribution >= 4 is 28.7 Å². The highest BCUT2D eigenvalue weighted by Gasteiger charge is 2.47. The van der Waals surface area contributed by atoms with Gasteiger partial charge in [-0.2, -0.15) is 9.97 Å². The molecule has 44 heavy (non-hydrogen) atoms. The van der Waals surface area contributed by atoms with Crippen molar-refractivity contribution in [1.29, 1.82) is 0 Å². The van der Waals surface area contributed by atoms with E-state index in [1.165, 1.54) is 6.07 Å². The Morgan fingerprint density at radius 2 is 1.75 bits per heavy atom. The number of aliphatic hydroxyl groups is 1. The van der Waals surface area contributed by atoms with Crippen LogP contribution in [0.2, 0.25) is 5.02 Å². The number of ether oxygens (including phenoxy) is 3. The number of pyridine rings is 1. The number of carbonyl (C=O) groups excluding carboxylic acids is 1. The summed E-state index contributed by atoms with van der Waals surface area (Å²) in [5, 5.41) is 10.1. The Morgan fingerprint density at radius 3 is 2.41 bits per heavy atom. The number of nitrogens with zero attached hydrogens (tertiary/aromatic N) is 2. The van der Waals surface area contributed by atoms with E-state index >= 15 is 0 Å². The van der Waals surface area contributed by atoms with Crippen LogP contribution in [-0.2, 0) is 16.2 Å². The number of imidazole rings is 1. The second-order valence-electron chi connectivity index (χ2n) is 9.84. The summed E-state index contributed by atoms with van der Waals surface area (Å²) in [5.41, 5.74) is 2.31. The number of aromatic amines is 1. The molecule has 3 aromatic rings. The standard InChI is InChI=1S/C25H25ClF2N4O6.3C2H6/c26-15-7-18-22(31-25(29-18)38-20-4-3-13-19(33)10-35-21(13)20)30-24(15)36-9-14-16(27)5-12(6-17(14)28)23(34)32-37-8-11-1-2-11;3*1-2/h5-7,11,13,19-21,33H,1-4,8-10H2,(H,32,34)(H,29,30,31);3*1-2H3/t13?,19-,20-,21+;;;/m1.../s1. The van der Waals surface area contributed by atoms with Crippen molar-refractivity contribution in [3.8, 4) is 11.9 Å². The SMILES string of the molecule is CC.CC.CC.O=C(NOCC1CC1)c1cc(F)c(COc2nc3nc(O[C@@H]4CCC5[C@H](O)CO[C@@H]54)[nH]c3cc2Cl)c(F)c1. The number of hydroxylamine groups is 1. The van der Waals surface area contributed by atoms with Gasteiger partial charge in [0, 0.05) is 11.5 Å². The predicted molar refractivity (Wildman–Crippen MR) is 163 cm³/mol. The zero-order valence-corrected chi connectivity index (χ0v) is 26.8. The van der Waals surface area contributed by atoms with Crippen molar-refractivity contribution in [2.24, 2.45) is 11.8 Å². The summed E-state index contributed by atoms with van der Waals surface area (Å²) in [6, 6.07) is 3.55. The fraction of sp³-hybridized carbons (Fsp3) is 0.581. The number of aliphatic hydroxyl groups excluding tert-OH is 1. The summed E-state index contributed by atoms with van der Waals surface area (Å²) in [6.07, 6.45) is 2.64. The fourth-order valence-electron chi connectivity index (χ4n) is 4.82. The normalized spacial score (nSPS) is 21.6. The van der Waals surface area contributed by atoms with Crippen LogP contribution in [0.1, 0.15) is 83.1 Å². The molecule has 244 valence electrons. The van der Waals surface area contributed by atoms with Crippen molar-refractivity contribution < 1.29 is 37.7 Å². The average Bonchev–Trinajstić information content (AvgIpc) is 3.47. The van der Waals surface area contributed by atoms with Crippen molar-refractivity contribution in [2.75, 3.05) is 13.2 Å². The summed E-state index contributed by atoms with van der Waals surface area (Å²) >= 11 is 6.28. The van der Waals surface area contributed by atoms with E-state index in [0.29, 0.717) is 24.6 Å². The fourth-order valence-corrected chi connectivity index (χ4v) is 5.03. The van der Waals surface area contributed by atoms with E-state index in [9.17, 15) is 18.7 Å². The van der Waals surface area contributed by atoms with Crippen LogP contribution in [0.3, 0.4) is 0 Å². The second kappa shape index (κ2) is 16.9. The van der Waals surface area contributed by atoms with Crippen LogP contribution in [0.25, 0.3) is 11.2 Å². The number of rotatable bonds is 9. The first kappa shape index (κ1) is 35.4. The summed E-state index contributed by atoms with van der Waals surface area (Å²) in [5.74, 6) is -2.28. The van der Waals surface area contributed by atoms with Gasteiger partial charge in [-0.1, -0.05) is 53.1 Å². The first-order valence-corrected chi connectivity index (χ1v) is 15.8. The molecule has 1 aromatic carbocycles. The average molecular weight is 641 g/mol. The van der Waals surface area contributed by atoms with Crippen LogP contribution in [0, 0.1) is 23.5 Å². The van der Waals surface area contributed by atoms with Crippen LogP contribution in [0.5, 0.6) is 11.9 Å². The molecular weight excluding hydrogens is 598 g/mol. The van der Waals surface area contributed by atoms with Crippen molar-refractivity contribution in [3.05, 3.63) is 46.0 Å². The van der Waals surface area contributed by atoms with E-state index < -0.39 is 30.3 Å². The second-order valence-corrected chi connectivity index (χ2v) is 10.3. The van der Waals surface area contributed by atoms with E-state index in [4.69, 9.17) is 30.6 Å². The van der Waals surface area contributed by atoms with E-state index in [2.05, 4.69) is 20.4 Å². The maximum Gasteiger partial charge on any atom is 0.296 e. The Morgan fingerprint density at radius 1 is 1.07 bits per heavy atom. The molecule has 0 bridgehead atoms. The number of carbonyl (C=O) groups is 1. The van der Waals surface area contributed by atoms with Crippen LogP contribution < -0.4 is 15.0 Å². The van der Waals surface area contributed by atoms with Crippen molar-refractivity contribution in [3.63, 3.8) is 0 Å². The Hall–Kier alpha value is -3.06. The molecule has 10 nitrogen and oxygen atoms in total. The van der Waals surface area contributed by atoms with Crippen LogP contribution >= 0.6 is 11.6 Å². The number of nitrogens with one attached hydrogen (secondary N) is 2. The maximum absolute atomic E-state index is 14.6. The number of amides is 1. The third-order valence-corrected chi connectivity index (χ3v) is 7.37. The Bertz CT molecular complexity index is 1350. The molecule has 2 saturated carbocycles. The highest BCUT2D eigenvalue weighted by Crippen LogP contribution is 2.38. The van der Waals surface area contributed by atoms with Gasteiger partial charge in [0.15, 0.2) is 5.65 Å². The molecule has 0 radical (unpaired) electrons. The van der Waals surface area contributed by atoms with Gasteiger partial charge in [-0.15, -0.1) is 0 Å². The van der Waals surface area contributed by atoms with Gasteiger partial charge in [0.1, 0.15) is 29.4 Å². The quantitative estimate of drug-likeness (QED) is 0.225. The predicted octanol–water partition coefficient (Wildman–Crippen LogP) is 6.54. The molecule has 3 fully saturated rings. The van der Waals surface area contributed by atoms with Gasteiger partial charge in [0.25, 0.3) is 11.9 Å². The molecule has 2 aromatic heterocycles. The Balaban J connectivity index is 0.000000832. The summed E-state index contributed by atoms with van der Waals surface area (Å²) in [7, 11) is 0. The smallest absolute Gasteiger partial charge is 0.296 e. The van der Waals surface area contributed by atoms with E-state index in [1.54, 1.807) is 0 Å². The number of halogens is 3. The van der Waals surface area contributed by atoms with Crippen LogP contribution in [0.4, 0.5) is 8.78 Å². The lowest BCUT2D eigenvalue weighted by Crippen LogP contribution is -2.30. The van der Waals surface area contributed by atoms with Crippen molar-refractivity contribution in [2.45, 2.75) is 92.1 Å². The first-order chi connectivity index (χ1) is 21.4. The topological polar surface area (TPSA) is 128 Å². The van der Waals surface area contributed by atoms with Gasteiger partial charge < -0.3 is 24.3 Å². The van der Waals surface area contributed by atoms with Gasteiger partial charge in [0.05, 0.1) is 36.5 Å². The lowest BCUT2D eigenvalue weighted by Gasteiger charge is -2.17. The number of H-pyrrole nitrogens is 1. The number of hydrogen-bond acceptors (Lipinski definition) is 8. The number of hydrogen-bond donors (Lipinski definition) is 3. The lowest BCUT2D eigenvalue weighted by molar-refractivity contribution is 0.0135. The maximum atomic E-state index is 14.6. The molecule has 2 aliphatic carbocycles. The van der Waals surface area contributed by atoms with E-state index in [-0.39, 0.29) is 51.8 Å². The van der Waals surface area contributed by atoms with Gasteiger partial charge in [-0.25, -0.2) is 14.3 Å². The molecule has 1 amide bonds. The van der Waals surface area contributed by atoms with E-state index in [0.717, 1.165) is 37.8 Å². The summed E-state index contributed by atoms with van der Waals surface area (Å²) in [4.78, 5) is 28.8.